The van der Waals surface area contributed by atoms with Crippen LogP contribution in [0.15, 0.2) is 35.0 Å². The molecule has 106 valence electrons. The number of anilines is 1. The average molecular weight is 307 g/mol. The van der Waals surface area contributed by atoms with Crippen LogP contribution >= 0.6 is 22.9 Å². The minimum absolute atomic E-state index is 0.0211. The number of nitrogens with two attached hydrogens (primary N) is 1. The van der Waals surface area contributed by atoms with Gasteiger partial charge >= 0.3 is 0 Å². The van der Waals surface area contributed by atoms with E-state index in [1.165, 1.54) is 18.4 Å². The molecule has 2 nitrogen and oxygen atoms in total. The summed E-state index contributed by atoms with van der Waals surface area (Å²) in [4.78, 5) is 2.43. The second-order valence-corrected chi connectivity index (χ2v) is 6.68. The van der Waals surface area contributed by atoms with E-state index >= 15 is 0 Å². The molecule has 1 aromatic heterocycles. The lowest BCUT2D eigenvalue weighted by molar-refractivity contribution is 0.791. The lowest BCUT2D eigenvalue weighted by Crippen LogP contribution is -2.25. The quantitative estimate of drug-likeness (QED) is 0.875. The highest BCUT2D eigenvalue weighted by atomic mass is 35.5. The van der Waals surface area contributed by atoms with E-state index < -0.39 is 0 Å². The molecule has 0 amide bonds. The largest absolute Gasteiger partial charge is 0.363 e. The van der Waals surface area contributed by atoms with Crippen molar-refractivity contribution in [1.29, 1.82) is 0 Å². The maximum Gasteiger partial charge on any atom is 0.0643 e. The summed E-state index contributed by atoms with van der Waals surface area (Å²) in [6.45, 7) is 2.92. The highest BCUT2D eigenvalue weighted by Crippen LogP contribution is 2.37. The van der Waals surface area contributed by atoms with Crippen LogP contribution in [0, 0.1) is 0 Å². The second kappa shape index (κ2) is 5.76. The van der Waals surface area contributed by atoms with Gasteiger partial charge in [0.25, 0.3) is 0 Å². The maximum absolute atomic E-state index is 6.49. The third kappa shape index (κ3) is 3.00. The standard InChI is InChI=1S/C16H19ClN2S/c1-11(18)13-2-5-16(15(17)8-13)19(14-3-4-14)9-12-6-7-20-10-12/h2,5-8,10-11,14H,3-4,9,18H2,1H3. The first-order valence-electron chi connectivity index (χ1n) is 6.98. The predicted molar refractivity (Wildman–Crippen MR) is 87.6 cm³/mol. The molecule has 1 unspecified atom stereocenters. The molecule has 0 bridgehead atoms. The number of hydrogen-bond donors (Lipinski definition) is 1. The molecule has 1 saturated carbocycles. The summed E-state index contributed by atoms with van der Waals surface area (Å²) in [7, 11) is 0. The van der Waals surface area contributed by atoms with Gasteiger partial charge in [0.1, 0.15) is 0 Å². The van der Waals surface area contributed by atoms with Crippen molar-refractivity contribution in [2.45, 2.75) is 38.4 Å². The van der Waals surface area contributed by atoms with E-state index in [1.807, 2.05) is 13.0 Å². The Morgan fingerprint density at radius 3 is 2.75 bits per heavy atom. The molecule has 1 heterocycles. The fraction of sp³-hybridized carbons (Fsp3) is 0.375. The fourth-order valence-electron chi connectivity index (χ4n) is 2.42. The van der Waals surface area contributed by atoms with Crippen molar-refractivity contribution in [1.82, 2.24) is 0 Å². The Balaban J connectivity index is 1.87. The SMILES string of the molecule is CC(N)c1ccc(N(Cc2ccsc2)C2CC2)c(Cl)c1. The zero-order chi connectivity index (χ0) is 14.1. The molecule has 1 aromatic carbocycles. The molecule has 20 heavy (non-hydrogen) atoms. The first-order chi connectivity index (χ1) is 9.65. The van der Waals surface area contributed by atoms with Crippen LogP contribution in [0.1, 0.15) is 36.9 Å². The third-order valence-corrected chi connectivity index (χ3v) is 4.76. The molecule has 2 aromatic rings. The third-order valence-electron chi connectivity index (χ3n) is 3.73. The van der Waals surface area contributed by atoms with Gasteiger partial charge in [-0.25, -0.2) is 0 Å². The Morgan fingerprint density at radius 1 is 1.40 bits per heavy atom. The zero-order valence-corrected chi connectivity index (χ0v) is 13.1. The van der Waals surface area contributed by atoms with Crippen LogP contribution in [0.4, 0.5) is 5.69 Å². The molecule has 0 radical (unpaired) electrons. The minimum Gasteiger partial charge on any atom is -0.363 e. The first kappa shape index (κ1) is 13.9. The van der Waals surface area contributed by atoms with Gasteiger partial charge in [-0.3, -0.25) is 0 Å². The summed E-state index contributed by atoms with van der Waals surface area (Å²) in [6.07, 6.45) is 2.52. The molecule has 1 aliphatic carbocycles. The summed E-state index contributed by atoms with van der Waals surface area (Å²) in [6, 6.07) is 9.05. The summed E-state index contributed by atoms with van der Waals surface area (Å²) >= 11 is 8.23. The molecule has 0 saturated heterocycles. The Hall–Kier alpha value is -1.03. The molecule has 1 aliphatic rings. The van der Waals surface area contributed by atoms with Gasteiger partial charge in [0, 0.05) is 18.6 Å². The van der Waals surface area contributed by atoms with Crippen LogP contribution in [0.25, 0.3) is 0 Å². The molecule has 3 rings (SSSR count). The number of rotatable bonds is 5. The van der Waals surface area contributed by atoms with Gasteiger partial charge in [-0.2, -0.15) is 11.3 Å². The molecule has 2 N–H and O–H groups in total. The van der Waals surface area contributed by atoms with Crippen molar-refractivity contribution in [3.8, 4) is 0 Å². The van der Waals surface area contributed by atoms with E-state index in [9.17, 15) is 0 Å². The Labute approximate surface area is 129 Å². The first-order valence-corrected chi connectivity index (χ1v) is 8.30. The normalized spacial score (nSPS) is 16.1. The van der Waals surface area contributed by atoms with Crippen molar-refractivity contribution >= 4 is 28.6 Å². The summed E-state index contributed by atoms with van der Waals surface area (Å²) < 4.78 is 0. The lowest BCUT2D eigenvalue weighted by Gasteiger charge is -2.26. The van der Waals surface area contributed by atoms with E-state index in [0.29, 0.717) is 6.04 Å². The van der Waals surface area contributed by atoms with Gasteiger partial charge in [0.05, 0.1) is 10.7 Å². The van der Waals surface area contributed by atoms with Crippen molar-refractivity contribution in [2.24, 2.45) is 5.73 Å². The number of benzene rings is 1. The van der Waals surface area contributed by atoms with Crippen LogP contribution in [0.2, 0.25) is 5.02 Å². The van der Waals surface area contributed by atoms with E-state index in [4.69, 9.17) is 17.3 Å². The van der Waals surface area contributed by atoms with Crippen LogP contribution in [-0.4, -0.2) is 6.04 Å². The summed E-state index contributed by atoms with van der Waals surface area (Å²) in [5, 5.41) is 5.14. The molecule has 4 heteroatoms. The molecule has 0 aliphatic heterocycles. The minimum atomic E-state index is 0.0211. The van der Waals surface area contributed by atoms with E-state index in [0.717, 1.165) is 22.8 Å². The van der Waals surface area contributed by atoms with Gasteiger partial charge in [0.15, 0.2) is 0 Å². The van der Waals surface area contributed by atoms with Crippen molar-refractivity contribution < 1.29 is 0 Å². The monoisotopic (exact) mass is 306 g/mol. The van der Waals surface area contributed by atoms with Crippen LogP contribution in [-0.2, 0) is 6.54 Å². The topological polar surface area (TPSA) is 29.3 Å². The van der Waals surface area contributed by atoms with Gasteiger partial charge in [0.2, 0.25) is 0 Å². The number of thiophene rings is 1. The lowest BCUT2D eigenvalue weighted by atomic mass is 10.1. The van der Waals surface area contributed by atoms with Gasteiger partial charge in [-0.15, -0.1) is 0 Å². The maximum atomic E-state index is 6.49. The van der Waals surface area contributed by atoms with E-state index in [-0.39, 0.29) is 6.04 Å². The van der Waals surface area contributed by atoms with Gasteiger partial charge in [-0.05, 0) is 59.9 Å². The van der Waals surface area contributed by atoms with E-state index in [2.05, 4.69) is 33.9 Å². The Bertz CT molecular complexity index is 576. The summed E-state index contributed by atoms with van der Waals surface area (Å²) in [5.74, 6) is 0. The van der Waals surface area contributed by atoms with Crippen molar-refractivity contribution in [3.05, 3.63) is 51.2 Å². The Morgan fingerprint density at radius 2 is 2.20 bits per heavy atom. The van der Waals surface area contributed by atoms with Gasteiger partial charge < -0.3 is 10.6 Å². The number of halogens is 1. The molecular formula is C16H19ClN2S. The highest BCUT2D eigenvalue weighted by molar-refractivity contribution is 7.07. The van der Waals surface area contributed by atoms with Crippen LogP contribution in [0.5, 0.6) is 0 Å². The smallest absolute Gasteiger partial charge is 0.0643 e. The molecular weight excluding hydrogens is 288 g/mol. The van der Waals surface area contributed by atoms with E-state index in [1.54, 1.807) is 11.3 Å². The molecule has 1 atom stereocenters. The molecule has 0 spiro atoms. The summed E-state index contributed by atoms with van der Waals surface area (Å²) in [5.41, 5.74) is 9.49. The highest BCUT2D eigenvalue weighted by Gasteiger charge is 2.30. The number of hydrogen-bond acceptors (Lipinski definition) is 3. The van der Waals surface area contributed by atoms with Crippen LogP contribution in [0.3, 0.4) is 0 Å². The average Bonchev–Trinajstić information content (AvgIpc) is 3.14. The Kier molecular flexibility index (Phi) is 4.01. The second-order valence-electron chi connectivity index (χ2n) is 5.49. The van der Waals surface area contributed by atoms with Crippen molar-refractivity contribution in [3.63, 3.8) is 0 Å². The van der Waals surface area contributed by atoms with Gasteiger partial charge in [-0.1, -0.05) is 17.7 Å². The van der Waals surface area contributed by atoms with Crippen molar-refractivity contribution in [2.75, 3.05) is 4.90 Å². The predicted octanol–water partition coefficient (Wildman–Crippen LogP) is 4.59. The number of nitrogens with zero attached hydrogens (tertiary/aromatic N) is 1. The van der Waals surface area contributed by atoms with Crippen LogP contribution < -0.4 is 10.6 Å². The fourth-order valence-corrected chi connectivity index (χ4v) is 3.37. The molecule has 1 fully saturated rings. The zero-order valence-electron chi connectivity index (χ0n) is 11.6.